The second-order valence-electron chi connectivity index (χ2n) is 7.75. The van der Waals surface area contributed by atoms with Crippen molar-refractivity contribution in [1.82, 2.24) is 14.2 Å². The first-order valence-electron chi connectivity index (χ1n) is 10.4. The second kappa shape index (κ2) is 9.03. The first-order chi connectivity index (χ1) is 15.9. The Labute approximate surface area is 200 Å². The van der Waals surface area contributed by atoms with Crippen LogP contribution in [0.2, 0.25) is 5.02 Å². The second-order valence-corrected chi connectivity index (χ2v) is 11.4. The van der Waals surface area contributed by atoms with Gasteiger partial charge in [0.15, 0.2) is 0 Å². The molecule has 0 spiro atoms. The fraction of sp³-hybridized carbons (Fsp3) is 0.273. The molecule has 172 valence electrons. The van der Waals surface area contributed by atoms with Crippen molar-refractivity contribution in [2.75, 3.05) is 37.8 Å². The highest BCUT2D eigenvalue weighted by Crippen LogP contribution is 2.33. The number of hydrogen-bond donors (Lipinski definition) is 0. The Bertz CT molecular complexity index is 1300. The van der Waals surface area contributed by atoms with Gasteiger partial charge in [0.25, 0.3) is 10.0 Å². The van der Waals surface area contributed by atoms with Crippen molar-refractivity contribution >= 4 is 54.6 Å². The molecule has 1 unspecified atom stereocenters. The van der Waals surface area contributed by atoms with Crippen LogP contribution in [0.25, 0.3) is 10.1 Å². The largest absolute Gasteiger partial charge is 0.339 e. The number of carbonyl (C=O) groups excluding carboxylic acids is 1. The van der Waals surface area contributed by atoms with Gasteiger partial charge in [0.05, 0.1) is 18.2 Å². The number of fused-ring (bicyclic) bond motifs is 1. The Morgan fingerprint density at radius 1 is 1.09 bits per heavy atom. The number of pyridine rings is 1. The van der Waals surface area contributed by atoms with Crippen LogP contribution in [0.1, 0.15) is 0 Å². The van der Waals surface area contributed by atoms with Crippen molar-refractivity contribution < 1.29 is 18.0 Å². The lowest BCUT2D eigenvalue weighted by molar-refractivity contribution is -0.137. The summed E-state index contributed by atoms with van der Waals surface area (Å²) in [6.45, 7) is 1.41. The number of amides is 1. The van der Waals surface area contributed by atoms with E-state index in [1.807, 2.05) is 24.3 Å². The number of sulfonamides is 1. The van der Waals surface area contributed by atoms with Crippen LogP contribution in [-0.4, -0.2) is 61.3 Å². The van der Waals surface area contributed by atoms with Crippen LogP contribution >= 0.6 is 22.9 Å². The van der Waals surface area contributed by atoms with Crippen molar-refractivity contribution in [3.05, 3.63) is 66.1 Å². The zero-order chi connectivity index (χ0) is 23.0. The van der Waals surface area contributed by atoms with Crippen LogP contribution in [0.3, 0.4) is 0 Å². The number of hydrogen-bond acceptors (Lipinski definition) is 7. The molecular formula is C22H21ClN4O4S2. The van der Waals surface area contributed by atoms with Crippen molar-refractivity contribution in [3.8, 4) is 0 Å². The molecule has 4 heterocycles. The van der Waals surface area contributed by atoms with E-state index >= 15 is 0 Å². The monoisotopic (exact) mass is 504 g/mol. The molecule has 1 fully saturated rings. The van der Waals surface area contributed by atoms with Crippen LogP contribution < -0.4 is 5.06 Å². The summed E-state index contributed by atoms with van der Waals surface area (Å²) >= 11 is 7.24. The lowest BCUT2D eigenvalue weighted by atomic mass is 10.1. The predicted octanol–water partition coefficient (Wildman–Crippen LogP) is 3.36. The molecule has 1 atom stereocenters. The first-order valence-corrected chi connectivity index (χ1v) is 13.0. The summed E-state index contributed by atoms with van der Waals surface area (Å²) in [6.07, 6.45) is 6.89. The third-order valence-corrected chi connectivity index (χ3v) is 9.37. The molecule has 2 aliphatic rings. The van der Waals surface area contributed by atoms with E-state index in [0.717, 1.165) is 15.8 Å². The molecule has 0 bridgehead atoms. The minimum Gasteiger partial charge on any atom is -0.339 e. The molecule has 11 heteroatoms. The van der Waals surface area contributed by atoms with Crippen molar-refractivity contribution in [3.63, 3.8) is 0 Å². The lowest BCUT2D eigenvalue weighted by Gasteiger charge is -2.36. The summed E-state index contributed by atoms with van der Waals surface area (Å²) in [4.78, 5) is 24.4. The van der Waals surface area contributed by atoms with Crippen molar-refractivity contribution in [2.24, 2.45) is 5.92 Å². The minimum atomic E-state index is -3.63. The zero-order valence-corrected chi connectivity index (χ0v) is 19.9. The molecule has 8 nitrogen and oxygen atoms in total. The molecule has 2 aliphatic heterocycles. The summed E-state index contributed by atoms with van der Waals surface area (Å²) in [5, 5.41) is 3.03. The number of aromatic nitrogens is 1. The van der Waals surface area contributed by atoms with Gasteiger partial charge in [-0.25, -0.2) is 13.5 Å². The highest BCUT2D eigenvalue weighted by Gasteiger charge is 2.34. The van der Waals surface area contributed by atoms with E-state index in [1.165, 1.54) is 15.6 Å². The van der Waals surface area contributed by atoms with Gasteiger partial charge in [-0.2, -0.15) is 4.31 Å². The van der Waals surface area contributed by atoms with Crippen molar-refractivity contribution in [2.45, 2.75) is 4.21 Å². The van der Waals surface area contributed by atoms with Gasteiger partial charge in [-0.15, -0.1) is 11.3 Å². The zero-order valence-electron chi connectivity index (χ0n) is 17.5. The number of carbonyl (C=O) groups is 1. The fourth-order valence-electron chi connectivity index (χ4n) is 3.86. The molecule has 2 aromatic heterocycles. The summed E-state index contributed by atoms with van der Waals surface area (Å²) in [5.41, 5.74) is 0.828. The quantitative estimate of drug-likeness (QED) is 0.542. The van der Waals surface area contributed by atoms with E-state index in [1.54, 1.807) is 46.8 Å². The van der Waals surface area contributed by atoms with E-state index in [0.29, 0.717) is 22.3 Å². The van der Waals surface area contributed by atoms with Gasteiger partial charge in [-0.1, -0.05) is 23.7 Å². The van der Waals surface area contributed by atoms with Crippen LogP contribution in [-0.2, 0) is 19.7 Å². The molecule has 1 aromatic carbocycles. The SMILES string of the molecule is O=C(C1C=CN(c2ccncc2)OC1)N1CCN(S(=O)(=O)c2cc3ccc(Cl)cc3s2)CC1. The molecule has 5 rings (SSSR count). The number of anilines is 1. The number of thiophene rings is 1. The summed E-state index contributed by atoms with van der Waals surface area (Å²) in [5.74, 6) is -0.465. The molecule has 33 heavy (non-hydrogen) atoms. The van der Waals surface area contributed by atoms with Gasteiger partial charge in [0, 0.05) is 54.5 Å². The van der Waals surface area contributed by atoms with Gasteiger partial charge in [0.1, 0.15) is 4.21 Å². The normalized spacial score (nSPS) is 19.8. The smallest absolute Gasteiger partial charge is 0.252 e. The van der Waals surface area contributed by atoms with Gasteiger partial charge in [-0.05, 0) is 35.7 Å². The van der Waals surface area contributed by atoms with E-state index in [4.69, 9.17) is 16.4 Å². The maximum Gasteiger partial charge on any atom is 0.252 e. The summed E-state index contributed by atoms with van der Waals surface area (Å²) in [6, 6.07) is 10.7. The summed E-state index contributed by atoms with van der Waals surface area (Å²) < 4.78 is 28.9. The average Bonchev–Trinajstić information content (AvgIpc) is 3.28. The molecule has 0 N–H and O–H groups in total. The third-order valence-electron chi connectivity index (χ3n) is 5.69. The van der Waals surface area contributed by atoms with Crippen LogP contribution in [0.15, 0.2) is 65.3 Å². The Morgan fingerprint density at radius 2 is 1.85 bits per heavy atom. The topological polar surface area (TPSA) is 83.1 Å². The number of nitrogens with zero attached hydrogens (tertiary/aromatic N) is 4. The molecule has 1 amide bonds. The maximum atomic E-state index is 13.1. The molecule has 0 aliphatic carbocycles. The Kier molecular flexibility index (Phi) is 6.11. The Morgan fingerprint density at radius 3 is 2.55 bits per heavy atom. The highest BCUT2D eigenvalue weighted by atomic mass is 35.5. The van der Waals surface area contributed by atoms with Crippen LogP contribution in [0.5, 0.6) is 0 Å². The maximum absolute atomic E-state index is 13.1. The standard InChI is InChI=1S/C22H21ClN4O4S2/c23-18-2-1-16-13-21(32-20(16)14-18)33(29,30)26-11-9-25(10-12-26)22(28)17-5-8-27(31-15-17)19-3-6-24-7-4-19/h1-8,13-14,17H,9-12,15H2. The summed E-state index contributed by atoms with van der Waals surface area (Å²) in [7, 11) is -3.63. The molecule has 0 radical (unpaired) electrons. The van der Waals surface area contributed by atoms with Crippen molar-refractivity contribution in [1.29, 1.82) is 0 Å². The van der Waals surface area contributed by atoms with E-state index in [-0.39, 0.29) is 25.6 Å². The minimum absolute atomic E-state index is 0.0609. The predicted molar refractivity (Wildman–Crippen MR) is 127 cm³/mol. The number of halogens is 1. The molecular weight excluding hydrogens is 484 g/mol. The number of piperazine rings is 1. The van der Waals surface area contributed by atoms with E-state index in [9.17, 15) is 13.2 Å². The van der Waals surface area contributed by atoms with Gasteiger partial charge >= 0.3 is 0 Å². The number of benzene rings is 1. The van der Waals surface area contributed by atoms with E-state index in [2.05, 4.69) is 4.98 Å². The lowest BCUT2D eigenvalue weighted by Crippen LogP contribution is -2.52. The van der Waals surface area contributed by atoms with Gasteiger partial charge in [-0.3, -0.25) is 14.6 Å². The molecule has 1 saturated heterocycles. The fourth-order valence-corrected chi connectivity index (χ4v) is 7.12. The van der Waals surface area contributed by atoms with Gasteiger partial charge < -0.3 is 4.90 Å². The number of rotatable bonds is 4. The molecule has 3 aromatic rings. The highest BCUT2D eigenvalue weighted by molar-refractivity contribution is 7.91. The Balaban J connectivity index is 1.22. The Hall–Kier alpha value is -2.50. The third kappa shape index (κ3) is 4.49. The van der Waals surface area contributed by atoms with Gasteiger partial charge in [0.2, 0.25) is 5.91 Å². The van der Waals surface area contributed by atoms with Crippen LogP contribution in [0.4, 0.5) is 5.69 Å². The van der Waals surface area contributed by atoms with Crippen LogP contribution in [0, 0.1) is 5.92 Å². The number of hydroxylamine groups is 1. The first kappa shape index (κ1) is 22.3. The molecule has 0 saturated carbocycles. The van der Waals surface area contributed by atoms with E-state index < -0.39 is 15.9 Å². The average molecular weight is 505 g/mol.